The van der Waals surface area contributed by atoms with Gasteiger partial charge in [-0.05, 0) is 38.0 Å². The van der Waals surface area contributed by atoms with Crippen LogP contribution >= 0.6 is 0 Å². The summed E-state index contributed by atoms with van der Waals surface area (Å²) in [6.07, 6.45) is 6.03. The summed E-state index contributed by atoms with van der Waals surface area (Å²) in [7, 11) is 0. The Balaban J connectivity index is 1.68. The Labute approximate surface area is 85.4 Å². The molecule has 2 saturated carbocycles. The Kier molecular flexibility index (Phi) is 2.52. The van der Waals surface area contributed by atoms with Crippen molar-refractivity contribution in [2.75, 3.05) is 0 Å². The number of nitrogens with two attached hydrogens (primary N) is 1. The molecule has 0 unspecified atom stereocenters. The SMILES string of the molecule is CC1CC(NC(=O)CC2(N)CCC2)C1. The smallest absolute Gasteiger partial charge is 0.222 e. The van der Waals surface area contributed by atoms with E-state index in [0.29, 0.717) is 12.5 Å². The summed E-state index contributed by atoms with van der Waals surface area (Å²) >= 11 is 0. The van der Waals surface area contributed by atoms with Crippen LogP contribution in [0.15, 0.2) is 0 Å². The second-order valence-corrected chi connectivity index (χ2v) is 5.23. The molecule has 2 aliphatic carbocycles. The average Bonchev–Trinajstić information content (AvgIpc) is 1.98. The van der Waals surface area contributed by atoms with Gasteiger partial charge < -0.3 is 11.1 Å². The van der Waals surface area contributed by atoms with E-state index in [-0.39, 0.29) is 11.4 Å². The predicted molar refractivity (Wildman–Crippen MR) is 55.7 cm³/mol. The molecular formula is C11H20N2O. The molecular weight excluding hydrogens is 176 g/mol. The van der Waals surface area contributed by atoms with Crippen molar-refractivity contribution in [3.05, 3.63) is 0 Å². The molecule has 0 bridgehead atoms. The van der Waals surface area contributed by atoms with Gasteiger partial charge in [0.1, 0.15) is 0 Å². The molecule has 0 radical (unpaired) electrons. The monoisotopic (exact) mass is 196 g/mol. The van der Waals surface area contributed by atoms with Crippen LogP contribution in [0.4, 0.5) is 0 Å². The highest BCUT2D eigenvalue weighted by molar-refractivity contribution is 5.77. The van der Waals surface area contributed by atoms with Crippen LogP contribution in [-0.4, -0.2) is 17.5 Å². The van der Waals surface area contributed by atoms with Crippen molar-refractivity contribution in [3.63, 3.8) is 0 Å². The zero-order valence-electron chi connectivity index (χ0n) is 8.88. The molecule has 2 rings (SSSR count). The van der Waals surface area contributed by atoms with E-state index >= 15 is 0 Å². The third kappa shape index (κ3) is 2.08. The summed E-state index contributed by atoms with van der Waals surface area (Å²) in [5, 5.41) is 3.05. The molecule has 0 aromatic heterocycles. The number of nitrogens with one attached hydrogen (secondary N) is 1. The van der Waals surface area contributed by atoms with Crippen LogP contribution in [0.25, 0.3) is 0 Å². The number of carbonyl (C=O) groups is 1. The maximum atomic E-state index is 11.6. The number of rotatable bonds is 3. The second kappa shape index (κ2) is 3.54. The zero-order valence-corrected chi connectivity index (χ0v) is 8.88. The van der Waals surface area contributed by atoms with Gasteiger partial charge in [-0.15, -0.1) is 0 Å². The van der Waals surface area contributed by atoms with Crippen molar-refractivity contribution < 1.29 is 4.79 Å². The lowest BCUT2D eigenvalue weighted by Gasteiger charge is -2.39. The normalized spacial score (nSPS) is 34.1. The summed E-state index contributed by atoms with van der Waals surface area (Å²) < 4.78 is 0. The molecule has 80 valence electrons. The standard InChI is InChI=1S/C11H20N2O/c1-8-5-9(6-8)13-10(14)7-11(12)3-2-4-11/h8-9H,2-7,12H2,1H3,(H,13,14). The highest BCUT2D eigenvalue weighted by Gasteiger charge is 2.36. The molecule has 0 aromatic rings. The molecule has 0 atom stereocenters. The molecule has 2 aliphatic rings. The maximum absolute atomic E-state index is 11.6. The molecule has 0 saturated heterocycles. The minimum Gasteiger partial charge on any atom is -0.353 e. The van der Waals surface area contributed by atoms with E-state index in [4.69, 9.17) is 5.73 Å². The largest absolute Gasteiger partial charge is 0.353 e. The number of hydrogen-bond donors (Lipinski definition) is 2. The summed E-state index contributed by atoms with van der Waals surface area (Å²) in [4.78, 5) is 11.6. The number of amides is 1. The number of hydrogen-bond acceptors (Lipinski definition) is 2. The summed E-state index contributed by atoms with van der Waals surface area (Å²) in [5.74, 6) is 0.944. The Morgan fingerprint density at radius 2 is 2.14 bits per heavy atom. The Morgan fingerprint density at radius 3 is 2.57 bits per heavy atom. The van der Waals surface area contributed by atoms with Crippen LogP contribution in [-0.2, 0) is 4.79 Å². The molecule has 3 N–H and O–H groups in total. The lowest BCUT2D eigenvalue weighted by Crippen LogP contribution is -2.52. The fraction of sp³-hybridized carbons (Fsp3) is 0.909. The Morgan fingerprint density at radius 1 is 1.50 bits per heavy atom. The van der Waals surface area contributed by atoms with Gasteiger partial charge in [0, 0.05) is 18.0 Å². The molecule has 0 aliphatic heterocycles. The molecule has 0 heterocycles. The van der Waals surface area contributed by atoms with Crippen molar-refractivity contribution >= 4 is 5.91 Å². The number of carbonyl (C=O) groups excluding carboxylic acids is 1. The van der Waals surface area contributed by atoms with Gasteiger partial charge in [0.2, 0.25) is 5.91 Å². The molecule has 3 heteroatoms. The van der Waals surface area contributed by atoms with E-state index in [9.17, 15) is 4.79 Å². The van der Waals surface area contributed by atoms with Crippen LogP contribution in [0.1, 0.15) is 45.4 Å². The van der Waals surface area contributed by atoms with E-state index in [1.807, 2.05) is 0 Å². The van der Waals surface area contributed by atoms with Gasteiger partial charge in [0.25, 0.3) is 0 Å². The van der Waals surface area contributed by atoms with E-state index in [1.165, 1.54) is 6.42 Å². The van der Waals surface area contributed by atoms with Crippen LogP contribution in [0.2, 0.25) is 0 Å². The third-order valence-electron chi connectivity index (χ3n) is 3.60. The lowest BCUT2D eigenvalue weighted by atomic mass is 9.75. The van der Waals surface area contributed by atoms with Gasteiger partial charge in [-0.2, -0.15) is 0 Å². The van der Waals surface area contributed by atoms with Crippen molar-refractivity contribution in [2.45, 2.75) is 57.0 Å². The molecule has 14 heavy (non-hydrogen) atoms. The Bertz CT molecular complexity index is 229. The molecule has 0 spiro atoms. The van der Waals surface area contributed by atoms with Crippen LogP contribution in [0.3, 0.4) is 0 Å². The summed E-state index contributed by atoms with van der Waals surface area (Å²) in [6.45, 7) is 2.22. The fourth-order valence-corrected chi connectivity index (χ4v) is 2.43. The van der Waals surface area contributed by atoms with Gasteiger partial charge >= 0.3 is 0 Å². The van der Waals surface area contributed by atoms with E-state index in [1.54, 1.807) is 0 Å². The quantitative estimate of drug-likeness (QED) is 0.712. The topological polar surface area (TPSA) is 55.1 Å². The first kappa shape index (κ1) is 9.97. The van der Waals surface area contributed by atoms with Gasteiger partial charge in [0.05, 0.1) is 0 Å². The minimum absolute atomic E-state index is 0.157. The van der Waals surface area contributed by atoms with Crippen LogP contribution in [0.5, 0.6) is 0 Å². The van der Waals surface area contributed by atoms with Crippen molar-refractivity contribution in [1.29, 1.82) is 0 Å². The fourth-order valence-electron chi connectivity index (χ4n) is 2.43. The molecule has 3 nitrogen and oxygen atoms in total. The first-order chi connectivity index (χ1) is 6.57. The summed E-state index contributed by atoms with van der Waals surface area (Å²) in [6, 6.07) is 0.432. The third-order valence-corrected chi connectivity index (χ3v) is 3.60. The van der Waals surface area contributed by atoms with E-state index < -0.39 is 0 Å². The lowest BCUT2D eigenvalue weighted by molar-refractivity contribution is -0.124. The molecule has 1 amide bonds. The first-order valence-electron chi connectivity index (χ1n) is 5.66. The maximum Gasteiger partial charge on any atom is 0.222 e. The van der Waals surface area contributed by atoms with Crippen LogP contribution < -0.4 is 11.1 Å². The molecule has 0 aromatic carbocycles. The van der Waals surface area contributed by atoms with Crippen molar-refractivity contribution in [1.82, 2.24) is 5.32 Å². The van der Waals surface area contributed by atoms with Gasteiger partial charge in [-0.3, -0.25) is 4.79 Å². The van der Waals surface area contributed by atoms with E-state index in [0.717, 1.165) is 31.6 Å². The van der Waals surface area contributed by atoms with Gasteiger partial charge in [-0.25, -0.2) is 0 Å². The predicted octanol–water partition coefficient (Wildman–Crippen LogP) is 1.17. The highest BCUT2D eigenvalue weighted by atomic mass is 16.1. The second-order valence-electron chi connectivity index (χ2n) is 5.23. The van der Waals surface area contributed by atoms with E-state index in [2.05, 4.69) is 12.2 Å². The summed E-state index contributed by atoms with van der Waals surface area (Å²) in [5.41, 5.74) is 5.84. The highest BCUT2D eigenvalue weighted by Crippen LogP contribution is 2.32. The average molecular weight is 196 g/mol. The first-order valence-corrected chi connectivity index (χ1v) is 5.66. The van der Waals surface area contributed by atoms with Crippen molar-refractivity contribution in [3.8, 4) is 0 Å². The Hall–Kier alpha value is -0.570. The van der Waals surface area contributed by atoms with Crippen molar-refractivity contribution in [2.24, 2.45) is 11.7 Å². The minimum atomic E-state index is -0.167. The van der Waals surface area contributed by atoms with Gasteiger partial charge in [-0.1, -0.05) is 6.92 Å². The van der Waals surface area contributed by atoms with Gasteiger partial charge in [0.15, 0.2) is 0 Å². The molecule has 2 fully saturated rings. The zero-order chi connectivity index (χ0) is 10.2. The van der Waals surface area contributed by atoms with Crippen LogP contribution in [0, 0.1) is 5.92 Å².